The van der Waals surface area contributed by atoms with Crippen molar-refractivity contribution in [3.63, 3.8) is 0 Å². The van der Waals surface area contributed by atoms with Crippen LogP contribution in [0.5, 0.6) is 0 Å². The van der Waals surface area contributed by atoms with E-state index in [1.807, 2.05) is 18.2 Å². The summed E-state index contributed by atoms with van der Waals surface area (Å²) in [6, 6.07) is 5.19. The van der Waals surface area contributed by atoms with Crippen molar-refractivity contribution in [2.45, 2.75) is 45.4 Å². The quantitative estimate of drug-likeness (QED) is 0.712. The number of carbonyl (C=O) groups excluding carboxylic acids is 2. The van der Waals surface area contributed by atoms with Gasteiger partial charge < -0.3 is 9.47 Å². The van der Waals surface area contributed by atoms with Crippen LogP contribution in [0.4, 0.5) is 4.79 Å². The summed E-state index contributed by atoms with van der Waals surface area (Å²) in [6.07, 6.45) is -0.0809. The molecule has 1 atom stereocenters. The van der Waals surface area contributed by atoms with Crippen LogP contribution in [0.2, 0.25) is 0 Å². The minimum Gasteiger partial charge on any atom is -0.467 e. The number of hydrogen-bond donors (Lipinski definition) is 0. The highest BCUT2D eigenvalue weighted by Gasteiger charge is 2.37. The van der Waals surface area contributed by atoms with Crippen molar-refractivity contribution in [3.8, 4) is 0 Å². The van der Waals surface area contributed by atoms with Crippen molar-refractivity contribution < 1.29 is 19.1 Å². The second kappa shape index (κ2) is 6.28. The third-order valence-electron chi connectivity index (χ3n) is 3.40. The Kier molecular flexibility index (Phi) is 4.80. The highest BCUT2D eigenvalue weighted by Crippen LogP contribution is 2.28. The summed E-state index contributed by atoms with van der Waals surface area (Å²) < 4.78 is 11.2. The fourth-order valence-electron chi connectivity index (χ4n) is 2.41. The van der Waals surface area contributed by atoms with E-state index in [0.29, 0.717) is 13.0 Å². The molecule has 1 heterocycles. The number of nitrogens with zero attached hydrogens (tertiary/aromatic N) is 1. The van der Waals surface area contributed by atoms with Gasteiger partial charge >= 0.3 is 12.1 Å². The molecule has 0 saturated heterocycles. The number of ether oxygens (including phenoxy) is 2. The first-order chi connectivity index (χ1) is 10.2. The van der Waals surface area contributed by atoms with E-state index >= 15 is 0 Å². The average Bonchev–Trinajstić information content (AvgIpc) is 2.43. The number of benzene rings is 1. The van der Waals surface area contributed by atoms with E-state index in [1.54, 1.807) is 20.8 Å². The summed E-state index contributed by atoms with van der Waals surface area (Å²) in [6.45, 7) is 5.72. The Labute approximate surface area is 138 Å². The lowest BCUT2D eigenvalue weighted by atomic mass is 9.94. The number of hydrogen-bond acceptors (Lipinski definition) is 4. The van der Waals surface area contributed by atoms with Crippen LogP contribution < -0.4 is 0 Å². The van der Waals surface area contributed by atoms with E-state index in [1.165, 1.54) is 12.0 Å². The van der Waals surface area contributed by atoms with Crippen LogP contribution in [-0.2, 0) is 27.2 Å². The van der Waals surface area contributed by atoms with E-state index in [4.69, 9.17) is 9.47 Å². The predicted molar refractivity (Wildman–Crippen MR) is 85.4 cm³/mol. The zero-order valence-electron chi connectivity index (χ0n) is 13.2. The summed E-state index contributed by atoms with van der Waals surface area (Å²) in [7, 11) is 1.33. The van der Waals surface area contributed by atoms with Gasteiger partial charge in [0.2, 0.25) is 0 Å². The fourth-order valence-corrected chi connectivity index (χ4v) is 2.82. The summed E-state index contributed by atoms with van der Waals surface area (Å²) in [5.41, 5.74) is 1.42. The molecule has 0 saturated carbocycles. The number of rotatable bonds is 1. The minimum absolute atomic E-state index is 0.323. The molecule has 2 rings (SSSR count). The van der Waals surface area contributed by atoms with Gasteiger partial charge in [0.05, 0.1) is 13.7 Å². The largest absolute Gasteiger partial charge is 0.467 e. The van der Waals surface area contributed by atoms with E-state index < -0.39 is 23.7 Å². The van der Waals surface area contributed by atoms with Gasteiger partial charge in [-0.15, -0.1) is 0 Å². The molecule has 6 heteroatoms. The summed E-state index contributed by atoms with van der Waals surface area (Å²) in [4.78, 5) is 25.9. The topological polar surface area (TPSA) is 55.8 Å². The van der Waals surface area contributed by atoms with Crippen molar-refractivity contribution in [2.75, 3.05) is 7.11 Å². The van der Waals surface area contributed by atoms with Crippen molar-refractivity contribution in [2.24, 2.45) is 0 Å². The molecule has 1 aliphatic rings. The molecule has 0 bridgehead atoms. The number of carbonyl (C=O) groups is 2. The van der Waals surface area contributed by atoms with E-state index in [-0.39, 0.29) is 0 Å². The first-order valence-electron chi connectivity index (χ1n) is 7.06. The van der Waals surface area contributed by atoms with Gasteiger partial charge in [-0.25, -0.2) is 9.59 Å². The van der Waals surface area contributed by atoms with E-state index in [2.05, 4.69) is 15.9 Å². The molecular formula is C16H20BrNO4. The first-order valence-corrected chi connectivity index (χ1v) is 7.85. The zero-order valence-corrected chi connectivity index (χ0v) is 14.8. The fraction of sp³-hybridized carbons (Fsp3) is 0.500. The van der Waals surface area contributed by atoms with Crippen molar-refractivity contribution in [1.82, 2.24) is 4.90 Å². The highest BCUT2D eigenvalue weighted by molar-refractivity contribution is 9.10. The molecule has 0 N–H and O–H groups in total. The monoisotopic (exact) mass is 369 g/mol. The Morgan fingerprint density at radius 1 is 1.27 bits per heavy atom. The summed E-state index contributed by atoms with van der Waals surface area (Å²) >= 11 is 3.43. The van der Waals surface area contributed by atoms with Gasteiger partial charge in [-0.1, -0.05) is 22.0 Å². The zero-order chi connectivity index (χ0) is 16.5. The number of amides is 1. The average molecular weight is 370 g/mol. The Hall–Kier alpha value is -1.56. The Balaban J connectivity index is 2.32. The SMILES string of the molecule is COC(=O)C1Cc2ccc(Br)cc2CN1C(=O)OC(C)(C)C. The van der Waals surface area contributed by atoms with Gasteiger partial charge in [0.1, 0.15) is 11.6 Å². The molecule has 0 aliphatic carbocycles. The molecule has 1 unspecified atom stereocenters. The number of esters is 1. The molecule has 22 heavy (non-hydrogen) atoms. The van der Waals surface area contributed by atoms with Gasteiger partial charge in [0.15, 0.2) is 0 Å². The lowest BCUT2D eigenvalue weighted by Gasteiger charge is -2.36. The van der Waals surface area contributed by atoms with E-state index in [9.17, 15) is 9.59 Å². The second-order valence-electron chi connectivity index (χ2n) is 6.26. The third kappa shape index (κ3) is 3.80. The Morgan fingerprint density at radius 2 is 1.95 bits per heavy atom. The van der Waals surface area contributed by atoms with E-state index in [0.717, 1.165) is 15.6 Å². The van der Waals surface area contributed by atoms with Crippen LogP contribution in [0.15, 0.2) is 22.7 Å². The van der Waals surface area contributed by atoms with Crippen LogP contribution in [0.1, 0.15) is 31.9 Å². The van der Waals surface area contributed by atoms with Gasteiger partial charge in [-0.3, -0.25) is 4.90 Å². The summed E-state index contributed by atoms with van der Waals surface area (Å²) in [5, 5.41) is 0. The lowest BCUT2D eigenvalue weighted by molar-refractivity contribution is -0.147. The Morgan fingerprint density at radius 3 is 2.55 bits per heavy atom. The van der Waals surface area contributed by atoms with Crippen LogP contribution in [0.25, 0.3) is 0 Å². The molecule has 0 radical (unpaired) electrons. The van der Waals surface area contributed by atoms with Crippen molar-refractivity contribution >= 4 is 28.0 Å². The van der Waals surface area contributed by atoms with Gasteiger partial charge in [0, 0.05) is 10.9 Å². The molecule has 1 aromatic carbocycles. The lowest BCUT2D eigenvalue weighted by Crippen LogP contribution is -2.50. The molecule has 0 spiro atoms. The highest BCUT2D eigenvalue weighted by atomic mass is 79.9. The first kappa shape index (κ1) is 16.8. The standard InChI is InChI=1S/C16H20BrNO4/c1-16(2,3)22-15(20)18-9-11-7-12(17)6-5-10(11)8-13(18)14(19)21-4/h5-7,13H,8-9H2,1-4H3. The smallest absolute Gasteiger partial charge is 0.411 e. The predicted octanol–water partition coefficient (Wildman–Crippen LogP) is 3.28. The number of fused-ring (bicyclic) bond motifs is 1. The minimum atomic E-state index is -0.659. The molecule has 1 aliphatic heterocycles. The molecule has 120 valence electrons. The summed E-state index contributed by atoms with van der Waals surface area (Å²) in [5.74, 6) is -0.431. The molecule has 5 nitrogen and oxygen atoms in total. The van der Waals surface area contributed by atoms with Gasteiger partial charge in [-0.05, 0) is 44.0 Å². The van der Waals surface area contributed by atoms with Crippen LogP contribution in [-0.4, -0.2) is 35.7 Å². The number of halogens is 1. The maximum absolute atomic E-state index is 12.4. The van der Waals surface area contributed by atoms with Crippen molar-refractivity contribution in [3.05, 3.63) is 33.8 Å². The molecule has 1 aromatic rings. The van der Waals surface area contributed by atoms with Gasteiger partial charge in [-0.2, -0.15) is 0 Å². The molecule has 0 fully saturated rings. The van der Waals surface area contributed by atoms with Crippen LogP contribution >= 0.6 is 15.9 Å². The normalized spacial score (nSPS) is 17.7. The number of methoxy groups -OCH3 is 1. The van der Waals surface area contributed by atoms with Gasteiger partial charge in [0.25, 0.3) is 0 Å². The Bertz CT molecular complexity index is 594. The maximum atomic E-state index is 12.4. The van der Waals surface area contributed by atoms with Crippen LogP contribution in [0.3, 0.4) is 0 Å². The second-order valence-corrected chi connectivity index (χ2v) is 7.18. The maximum Gasteiger partial charge on any atom is 0.411 e. The molecular weight excluding hydrogens is 350 g/mol. The molecule has 0 aromatic heterocycles. The van der Waals surface area contributed by atoms with Crippen LogP contribution in [0, 0.1) is 0 Å². The van der Waals surface area contributed by atoms with Crippen molar-refractivity contribution in [1.29, 1.82) is 0 Å². The molecule has 1 amide bonds. The third-order valence-corrected chi connectivity index (χ3v) is 3.89.